The standard InChI is InChI=1S/C22H28O5/c1-12-8-16-15-5-4-13-9-14(24)6-7-20(13,2)19(15)17(25)10-21(16,3)22(12,27)18(26)11-23/h6-7,9,12,15-16,19,23,27H,4-5,8,10-11H2,1-3H3/t12-,15+,16+,19+,20-,21-,22-/m0/s1. The van der Waals surface area contributed by atoms with Gasteiger partial charge in [-0.05, 0) is 49.2 Å². The van der Waals surface area contributed by atoms with Crippen LogP contribution in [0.1, 0.15) is 46.5 Å². The molecule has 146 valence electrons. The summed E-state index contributed by atoms with van der Waals surface area (Å²) in [5.41, 5.74) is -1.94. The van der Waals surface area contributed by atoms with Crippen molar-refractivity contribution in [1.29, 1.82) is 0 Å². The van der Waals surface area contributed by atoms with E-state index in [0.717, 1.165) is 18.4 Å². The lowest BCUT2D eigenvalue weighted by Gasteiger charge is -2.56. The molecule has 0 amide bonds. The van der Waals surface area contributed by atoms with Crippen molar-refractivity contribution < 1.29 is 24.6 Å². The zero-order valence-corrected chi connectivity index (χ0v) is 16.2. The second-order valence-corrected chi connectivity index (χ2v) is 9.52. The van der Waals surface area contributed by atoms with Crippen molar-refractivity contribution in [3.8, 4) is 0 Å². The normalized spacial score (nSPS) is 48.6. The first-order valence-corrected chi connectivity index (χ1v) is 9.93. The number of fused-ring (bicyclic) bond motifs is 5. The molecule has 2 N–H and O–H groups in total. The van der Waals surface area contributed by atoms with Gasteiger partial charge in [0, 0.05) is 23.2 Å². The highest BCUT2D eigenvalue weighted by molar-refractivity contribution is 6.02. The fourth-order valence-corrected chi connectivity index (χ4v) is 7.08. The van der Waals surface area contributed by atoms with Crippen molar-refractivity contribution in [3.05, 3.63) is 23.8 Å². The third-order valence-corrected chi connectivity index (χ3v) is 8.41. The molecule has 0 saturated heterocycles. The van der Waals surface area contributed by atoms with E-state index in [1.54, 1.807) is 12.2 Å². The molecule has 0 unspecified atom stereocenters. The van der Waals surface area contributed by atoms with Crippen molar-refractivity contribution in [1.82, 2.24) is 0 Å². The Balaban J connectivity index is 1.79. The van der Waals surface area contributed by atoms with Crippen molar-refractivity contribution in [2.75, 3.05) is 6.61 Å². The molecule has 4 aliphatic carbocycles. The lowest BCUT2D eigenvalue weighted by atomic mass is 9.46. The number of ketones is 3. The number of rotatable bonds is 2. The SMILES string of the molecule is C[C@H]1C[C@@H]2[C@H]3CCC4=CC(=O)C=C[C@]4(C)[C@H]3C(=O)C[C@]2(C)[C@@]1(O)C(=O)CO. The fourth-order valence-electron chi connectivity index (χ4n) is 7.08. The van der Waals surface area contributed by atoms with Crippen LogP contribution in [0.25, 0.3) is 0 Å². The molecule has 3 fully saturated rings. The lowest BCUT2D eigenvalue weighted by molar-refractivity contribution is -0.173. The molecule has 0 aromatic heterocycles. The maximum atomic E-state index is 13.4. The third-order valence-electron chi connectivity index (χ3n) is 8.41. The molecule has 4 rings (SSSR count). The number of aliphatic hydroxyl groups is 2. The Morgan fingerprint density at radius 2 is 2.00 bits per heavy atom. The average Bonchev–Trinajstić information content (AvgIpc) is 2.82. The Bertz CT molecular complexity index is 795. The van der Waals surface area contributed by atoms with Gasteiger partial charge < -0.3 is 10.2 Å². The van der Waals surface area contributed by atoms with Crippen LogP contribution in [-0.4, -0.2) is 39.8 Å². The van der Waals surface area contributed by atoms with Gasteiger partial charge in [0.05, 0.1) is 0 Å². The molecule has 5 nitrogen and oxygen atoms in total. The van der Waals surface area contributed by atoms with E-state index in [0.29, 0.717) is 6.42 Å². The Hall–Kier alpha value is -1.59. The minimum absolute atomic E-state index is 0.0218. The molecule has 5 heteroatoms. The number of aliphatic hydroxyl groups excluding tert-OH is 1. The highest BCUT2D eigenvalue weighted by Crippen LogP contribution is 2.67. The topological polar surface area (TPSA) is 91.7 Å². The quantitative estimate of drug-likeness (QED) is 0.774. The third kappa shape index (κ3) is 2.16. The summed E-state index contributed by atoms with van der Waals surface area (Å²) in [6.45, 7) is 5.05. The largest absolute Gasteiger partial charge is 0.388 e. The van der Waals surface area contributed by atoms with Crippen LogP contribution in [0.4, 0.5) is 0 Å². The molecule has 0 aliphatic heterocycles. The van der Waals surface area contributed by atoms with E-state index in [1.165, 1.54) is 0 Å². The van der Waals surface area contributed by atoms with Gasteiger partial charge in [-0.1, -0.05) is 32.4 Å². The van der Waals surface area contributed by atoms with Crippen molar-refractivity contribution in [2.45, 2.75) is 52.1 Å². The molecule has 0 aromatic carbocycles. The van der Waals surface area contributed by atoms with E-state index in [9.17, 15) is 24.6 Å². The summed E-state index contributed by atoms with van der Waals surface area (Å²) >= 11 is 0. The second-order valence-electron chi connectivity index (χ2n) is 9.52. The minimum Gasteiger partial charge on any atom is -0.388 e. The van der Waals surface area contributed by atoms with Crippen LogP contribution >= 0.6 is 0 Å². The van der Waals surface area contributed by atoms with Gasteiger partial charge in [0.25, 0.3) is 0 Å². The molecular weight excluding hydrogens is 344 g/mol. The molecule has 4 aliphatic rings. The van der Waals surface area contributed by atoms with E-state index in [1.807, 2.05) is 26.8 Å². The molecular formula is C22H28O5. The molecule has 0 aromatic rings. The lowest BCUT2D eigenvalue weighted by Crippen LogP contribution is -2.61. The zero-order valence-electron chi connectivity index (χ0n) is 16.2. The predicted molar refractivity (Wildman–Crippen MR) is 98.6 cm³/mol. The van der Waals surface area contributed by atoms with Gasteiger partial charge in [-0.25, -0.2) is 0 Å². The Morgan fingerprint density at radius 1 is 1.30 bits per heavy atom. The van der Waals surface area contributed by atoms with Gasteiger partial charge >= 0.3 is 0 Å². The summed E-state index contributed by atoms with van der Waals surface area (Å²) in [7, 11) is 0. The van der Waals surface area contributed by atoms with Crippen LogP contribution in [0.3, 0.4) is 0 Å². The van der Waals surface area contributed by atoms with Gasteiger partial charge in [0.1, 0.15) is 18.0 Å². The molecule has 0 radical (unpaired) electrons. The maximum Gasteiger partial charge on any atom is 0.190 e. The zero-order chi connectivity index (χ0) is 19.8. The monoisotopic (exact) mass is 372 g/mol. The Morgan fingerprint density at radius 3 is 2.67 bits per heavy atom. The number of carbonyl (C=O) groups is 3. The molecule has 0 heterocycles. The average molecular weight is 372 g/mol. The van der Waals surface area contributed by atoms with Crippen LogP contribution in [0.2, 0.25) is 0 Å². The number of hydrogen-bond donors (Lipinski definition) is 2. The van der Waals surface area contributed by atoms with Gasteiger partial charge in [-0.3, -0.25) is 14.4 Å². The minimum atomic E-state index is -1.66. The number of carbonyl (C=O) groups excluding carboxylic acids is 3. The second kappa shape index (κ2) is 5.71. The summed E-state index contributed by atoms with van der Waals surface area (Å²) in [6, 6.07) is 0. The van der Waals surface area contributed by atoms with Crippen LogP contribution in [0, 0.1) is 34.5 Å². The summed E-state index contributed by atoms with van der Waals surface area (Å²) in [5.74, 6) is -0.947. The highest BCUT2D eigenvalue weighted by atomic mass is 16.3. The number of Topliss-reactive ketones (excluding diaryl/α,β-unsaturated/α-hetero) is 2. The first kappa shape index (κ1) is 18.8. The maximum absolute atomic E-state index is 13.4. The first-order chi connectivity index (χ1) is 12.6. The summed E-state index contributed by atoms with van der Waals surface area (Å²) in [5, 5.41) is 20.8. The predicted octanol–water partition coefficient (Wildman–Crippen LogP) is 2.01. The number of hydrogen-bond acceptors (Lipinski definition) is 5. The van der Waals surface area contributed by atoms with Crippen molar-refractivity contribution >= 4 is 17.3 Å². The smallest absolute Gasteiger partial charge is 0.190 e. The molecule has 7 atom stereocenters. The Kier molecular flexibility index (Phi) is 3.97. The molecule has 3 saturated carbocycles. The van der Waals surface area contributed by atoms with Crippen molar-refractivity contribution in [2.24, 2.45) is 34.5 Å². The fraction of sp³-hybridized carbons (Fsp3) is 0.682. The molecule has 27 heavy (non-hydrogen) atoms. The van der Waals surface area contributed by atoms with Crippen LogP contribution in [0.5, 0.6) is 0 Å². The Labute approximate surface area is 159 Å². The summed E-state index contributed by atoms with van der Waals surface area (Å²) < 4.78 is 0. The van der Waals surface area contributed by atoms with E-state index in [2.05, 4.69) is 0 Å². The van der Waals surface area contributed by atoms with Crippen LogP contribution < -0.4 is 0 Å². The van der Waals surface area contributed by atoms with Gasteiger partial charge in [-0.2, -0.15) is 0 Å². The van der Waals surface area contributed by atoms with E-state index in [-0.39, 0.29) is 41.7 Å². The van der Waals surface area contributed by atoms with E-state index in [4.69, 9.17) is 0 Å². The van der Waals surface area contributed by atoms with Gasteiger partial charge in [0.2, 0.25) is 0 Å². The van der Waals surface area contributed by atoms with E-state index >= 15 is 0 Å². The summed E-state index contributed by atoms with van der Waals surface area (Å²) in [4.78, 5) is 37.8. The first-order valence-electron chi connectivity index (χ1n) is 9.93. The van der Waals surface area contributed by atoms with Gasteiger partial charge in [0.15, 0.2) is 11.6 Å². The van der Waals surface area contributed by atoms with Crippen molar-refractivity contribution in [3.63, 3.8) is 0 Å². The van der Waals surface area contributed by atoms with Crippen LogP contribution in [0.15, 0.2) is 23.8 Å². The molecule has 0 spiro atoms. The molecule has 0 bridgehead atoms. The highest BCUT2D eigenvalue weighted by Gasteiger charge is 2.70. The summed E-state index contributed by atoms with van der Waals surface area (Å²) in [6.07, 6.45) is 7.49. The van der Waals surface area contributed by atoms with E-state index < -0.39 is 28.8 Å². The number of allylic oxidation sites excluding steroid dienone is 4. The van der Waals surface area contributed by atoms with Crippen LogP contribution in [-0.2, 0) is 14.4 Å². The van der Waals surface area contributed by atoms with Gasteiger partial charge in [-0.15, -0.1) is 0 Å².